The molecule has 0 aliphatic heterocycles. The highest BCUT2D eigenvalue weighted by Crippen LogP contribution is 2.35. The lowest BCUT2D eigenvalue weighted by molar-refractivity contribution is 0.225. The molecule has 0 N–H and O–H groups in total. The van der Waals surface area contributed by atoms with Crippen molar-refractivity contribution >= 4 is 0 Å². The second-order valence-corrected chi connectivity index (χ2v) is 6.92. The molecule has 0 aromatic rings. The molecule has 2 aliphatic rings. The first-order valence-electron chi connectivity index (χ1n) is 8.97. The van der Waals surface area contributed by atoms with Gasteiger partial charge in [-0.1, -0.05) is 103 Å². The molecule has 18 heavy (non-hydrogen) atoms. The van der Waals surface area contributed by atoms with E-state index in [0.29, 0.717) is 0 Å². The third-order valence-corrected chi connectivity index (χ3v) is 5.47. The van der Waals surface area contributed by atoms with Gasteiger partial charge < -0.3 is 0 Å². The lowest BCUT2D eigenvalue weighted by Gasteiger charge is -2.29. The summed E-state index contributed by atoms with van der Waals surface area (Å²) in [7, 11) is 0. The molecule has 0 saturated heterocycles. The summed E-state index contributed by atoms with van der Waals surface area (Å²) in [6, 6.07) is 0. The van der Waals surface area contributed by atoms with Crippen molar-refractivity contribution in [2.45, 2.75) is 103 Å². The smallest absolute Gasteiger partial charge is 0.0386 e. The van der Waals surface area contributed by atoms with Crippen LogP contribution >= 0.6 is 0 Å². The maximum Gasteiger partial charge on any atom is -0.0386 e. The standard InChI is InChI=1S/C18H34/c1-2-5-9-13-17(14-10-6-3-1)18-15-11-7-4-8-12-16-18/h17-18H,1-16H2. The third-order valence-electron chi connectivity index (χ3n) is 5.47. The number of hydrogen-bond donors (Lipinski definition) is 0. The van der Waals surface area contributed by atoms with Crippen molar-refractivity contribution in [2.75, 3.05) is 0 Å². The van der Waals surface area contributed by atoms with Gasteiger partial charge in [0.05, 0.1) is 0 Å². The molecule has 0 heterocycles. The Bertz CT molecular complexity index is 178. The molecule has 106 valence electrons. The lowest BCUT2D eigenvalue weighted by atomic mass is 9.76. The summed E-state index contributed by atoms with van der Waals surface area (Å²) < 4.78 is 0. The predicted molar refractivity (Wildman–Crippen MR) is 80.9 cm³/mol. The number of hydrogen-bond acceptors (Lipinski definition) is 0. The van der Waals surface area contributed by atoms with Gasteiger partial charge in [-0.15, -0.1) is 0 Å². The Morgan fingerprint density at radius 1 is 0.278 bits per heavy atom. The largest absolute Gasteiger partial charge is 0.0533 e. The van der Waals surface area contributed by atoms with Crippen LogP contribution in [0.4, 0.5) is 0 Å². The van der Waals surface area contributed by atoms with Crippen molar-refractivity contribution in [2.24, 2.45) is 11.8 Å². The lowest BCUT2D eigenvalue weighted by Crippen LogP contribution is -2.17. The molecule has 0 aromatic carbocycles. The molecule has 2 aliphatic carbocycles. The molecule has 0 amide bonds. The van der Waals surface area contributed by atoms with Crippen molar-refractivity contribution in [3.05, 3.63) is 0 Å². The van der Waals surface area contributed by atoms with E-state index < -0.39 is 0 Å². The molecule has 0 unspecified atom stereocenters. The first-order chi connectivity index (χ1) is 8.97. The molecule has 0 spiro atoms. The fourth-order valence-electron chi connectivity index (χ4n) is 4.27. The van der Waals surface area contributed by atoms with Crippen LogP contribution < -0.4 is 0 Å². The van der Waals surface area contributed by atoms with E-state index in [4.69, 9.17) is 0 Å². The van der Waals surface area contributed by atoms with E-state index in [0.717, 1.165) is 11.8 Å². The topological polar surface area (TPSA) is 0 Å². The highest BCUT2D eigenvalue weighted by atomic mass is 14.3. The van der Waals surface area contributed by atoms with Crippen molar-refractivity contribution in [3.63, 3.8) is 0 Å². The quantitative estimate of drug-likeness (QED) is 0.499. The van der Waals surface area contributed by atoms with Gasteiger partial charge >= 0.3 is 0 Å². The van der Waals surface area contributed by atoms with Crippen molar-refractivity contribution < 1.29 is 0 Å². The van der Waals surface area contributed by atoms with Crippen molar-refractivity contribution in [3.8, 4) is 0 Å². The van der Waals surface area contributed by atoms with Crippen LogP contribution in [-0.4, -0.2) is 0 Å². The van der Waals surface area contributed by atoms with Crippen LogP contribution in [0.25, 0.3) is 0 Å². The monoisotopic (exact) mass is 250 g/mol. The molecule has 0 heteroatoms. The van der Waals surface area contributed by atoms with Crippen LogP contribution in [-0.2, 0) is 0 Å². The molecule has 0 aromatic heterocycles. The van der Waals surface area contributed by atoms with Crippen molar-refractivity contribution in [1.82, 2.24) is 0 Å². The van der Waals surface area contributed by atoms with E-state index in [1.165, 1.54) is 77.0 Å². The summed E-state index contributed by atoms with van der Waals surface area (Å²) in [4.78, 5) is 0. The maximum atomic E-state index is 1.56. The molecule has 2 fully saturated rings. The van der Waals surface area contributed by atoms with Gasteiger partial charge in [0.2, 0.25) is 0 Å². The molecular formula is C18H34. The summed E-state index contributed by atoms with van der Waals surface area (Å²) in [6.07, 6.45) is 24.5. The summed E-state index contributed by atoms with van der Waals surface area (Å²) in [5.74, 6) is 2.20. The van der Waals surface area contributed by atoms with Crippen LogP contribution in [0, 0.1) is 11.8 Å². The van der Waals surface area contributed by atoms with E-state index in [-0.39, 0.29) is 0 Å². The Hall–Kier alpha value is 0. The van der Waals surface area contributed by atoms with E-state index in [9.17, 15) is 0 Å². The molecule has 0 nitrogen and oxygen atoms in total. The van der Waals surface area contributed by atoms with Gasteiger partial charge in [-0.05, 0) is 11.8 Å². The SMILES string of the molecule is C1CCCCC(C2CCCCCCC2)CCCC1. The van der Waals surface area contributed by atoms with Crippen LogP contribution in [0.1, 0.15) is 103 Å². The second kappa shape index (κ2) is 8.99. The van der Waals surface area contributed by atoms with E-state index in [1.54, 1.807) is 25.7 Å². The normalized spacial score (nSPS) is 27.3. The third kappa shape index (κ3) is 5.33. The molecule has 0 radical (unpaired) electrons. The summed E-state index contributed by atoms with van der Waals surface area (Å²) in [5, 5.41) is 0. The first kappa shape index (κ1) is 14.4. The zero-order chi connectivity index (χ0) is 12.5. The Kier molecular flexibility index (Phi) is 7.20. The highest BCUT2D eigenvalue weighted by Gasteiger charge is 2.21. The molecule has 2 saturated carbocycles. The van der Waals surface area contributed by atoms with Gasteiger partial charge in [0.15, 0.2) is 0 Å². The first-order valence-corrected chi connectivity index (χ1v) is 8.97. The van der Waals surface area contributed by atoms with Gasteiger partial charge in [-0.2, -0.15) is 0 Å². The minimum atomic E-state index is 1.10. The molecule has 2 rings (SSSR count). The minimum Gasteiger partial charge on any atom is -0.0533 e. The van der Waals surface area contributed by atoms with Crippen LogP contribution in [0.5, 0.6) is 0 Å². The van der Waals surface area contributed by atoms with Gasteiger partial charge in [0.1, 0.15) is 0 Å². The zero-order valence-electron chi connectivity index (χ0n) is 12.5. The molecule has 0 atom stereocenters. The van der Waals surface area contributed by atoms with E-state index >= 15 is 0 Å². The summed E-state index contributed by atoms with van der Waals surface area (Å²) in [6.45, 7) is 0. The molecule has 0 bridgehead atoms. The zero-order valence-corrected chi connectivity index (χ0v) is 12.5. The Morgan fingerprint density at radius 2 is 0.500 bits per heavy atom. The highest BCUT2D eigenvalue weighted by molar-refractivity contribution is 4.73. The average Bonchev–Trinajstić information content (AvgIpc) is 2.36. The van der Waals surface area contributed by atoms with Gasteiger partial charge in [0, 0.05) is 0 Å². The fourth-order valence-corrected chi connectivity index (χ4v) is 4.27. The number of rotatable bonds is 1. The van der Waals surface area contributed by atoms with Gasteiger partial charge in [-0.25, -0.2) is 0 Å². The van der Waals surface area contributed by atoms with E-state index in [2.05, 4.69) is 0 Å². The van der Waals surface area contributed by atoms with Crippen LogP contribution in [0.3, 0.4) is 0 Å². The average molecular weight is 250 g/mol. The minimum absolute atomic E-state index is 1.10. The Balaban J connectivity index is 1.81. The van der Waals surface area contributed by atoms with Crippen molar-refractivity contribution in [1.29, 1.82) is 0 Å². The molecular weight excluding hydrogens is 216 g/mol. The fraction of sp³-hybridized carbons (Fsp3) is 1.00. The van der Waals surface area contributed by atoms with Crippen LogP contribution in [0.15, 0.2) is 0 Å². The van der Waals surface area contributed by atoms with Gasteiger partial charge in [0.25, 0.3) is 0 Å². The summed E-state index contributed by atoms with van der Waals surface area (Å²) in [5.41, 5.74) is 0. The Labute approximate surface area is 115 Å². The van der Waals surface area contributed by atoms with Gasteiger partial charge in [-0.3, -0.25) is 0 Å². The second-order valence-electron chi connectivity index (χ2n) is 6.92. The predicted octanol–water partition coefficient (Wildman–Crippen LogP) is 6.49. The van der Waals surface area contributed by atoms with Crippen LogP contribution in [0.2, 0.25) is 0 Å². The summed E-state index contributed by atoms with van der Waals surface area (Å²) >= 11 is 0. The van der Waals surface area contributed by atoms with E-state index in [1.807, 2.05) is 0 Å². The Morgan fingerprint density at radius 3 is 0.778 bits per heavy atom. The maximum absolute atomic E-state index is 1.56.